The topological polar surface area (TPSA) is 59.0 Å². The predicted molar refractivity (Wildman–Crippen MR) is 75.8 cm³/mol. The van der Waals surface area contributed by atoms with Gasteiger partial charge in [0.05, 0.1) is 10.7 Å². The van der Waals surface area contributed by atoms with Crippen molar-refractivity contribution in [2.75, 3.05) is 19.6 Å². The number of nitrogens with zero attached hydrogens (tertiary/aromatic N) is 2. The molecule has 0 saturated carbocycles. The highest BCUT2D eigenvalue weighted by Crippen LogP contribution is 2.08. The fourth-order valence-electron chi connectivity index (χ4n) is 1.98. The fourth-order valence-corrected chi connectivity index (χ4v) is 2.31. The summed E-state index contributed by atoms with van der Waals surface area (Å²) in [4.78, 5) is 11.7. The Kier molecular flexibility index (Phi) is 6.67. The van der Waals surface area contributed by atoms with Gasteiger partial charge in [-0.25, -0.2) is 0 Å². The Balaban J connectivity index is 0.00000162. The molecule has 2 rings (SSSR count). The standard InChI is InChI=1S/C11H17BrN4O.ClH/c12-10-6-15-16(7-10)8-11(17)14-5-9-2-1-3-13-4-9;/h6-7,9,13H,1-5,8H2,(H,14,17);1H. The fraction of sp³-hybridized carbons (Fsp3) is 0.636. The SMILES string of the molecule is Cl.O=C(Cn1cc(Br)cn1)NCC1CCCNC1. The highest BCUT2D eigenvalue weighted by atomic mass is 79.9. The van der Waals surface area contributed by atoms with Crippen molar-refractivity contribution >= 4 is 34.2 Å². The summed E-state index contributed by atoms with van der Waals surface area (Å²) >= 11 is 3.30. The van der Waals surface area contributed by atoms with E-state index in [-0.39, 0.29) is 24.9 Å². The van der Waals surface area contributed by atoms with Crippen LogP contribution in [0.2, 0.25) is 0 Å². The zero-order valence-corrected chi connectivity index (χ0v) is 12.5. The van der Waals surface area contributed by atoms with Crippen LogP contribution in [0.1, 0.15) is 12.8 Å². The van der Waals surface area contributed by atoms with E-state index in [1.807, 2.05) is 0 Å². The summed E-state index contributed by atoms with van der Waals surface area (Å²) in [5.41, 5.74) is 0. The minimum atomic E-state index is 0. The van der Waals surface area contributed by atoms with Gasteiger partial charge in [-0.15, -0.1) is 12.4 Å². The summed E-state index contributed by atoms with van der Waals surface area (Å²) in [6.07, 6.45) is 5.87. The van der Waals surface area contributed by atoms with E-state index in [1.165, 1.54) is 12.8 Å². The van der Waals surface area contributed by atoms with Crippen LogP contribution >= 0.6 is 28.3 Å². The molecule has 0 spiro atoms. The molecule has 1 saturated heterocycles. The molecular formula is C11H18BrClN4O. The van der Waals surface area contributed by atoms with E-state index in [2.05, 4.69) is 31.7 Å². The summed E-state index contributed by atoms with van der Waals surface area (Å²) in [6, 6.07) is 0. The smallest absolute Gasteiger partial charge is 0.241 e. The first kappa shape index (κ1) is 15.5. The molecule has 0 bridgehead atoms. The molecule has 5 nitrogen and oxygen atoms in total. The van der Waals surface area contributed by atoms with E-state index in [4.69, 9.17) is 0 Å². The second-order valence-corrected chi connectivity index (χ2v) is 5.29. The maximum Gasteiger partial charge on any atom is 0.241 e. The minimum Gasteiger partial charge on any atom is -0.354 e. The predicted octanol–water partition coefficient (Wildman–Crippen LogP) is 1.18. The third-order valence-corrected chi connectivity index (χ3v) is 3.30. The van der Waals surface area contributed by atoms with Gasteiger partial charge in [0, 0.05) is 12.7 Å². The van der Waals surface area contributed by atoms with Crippen molar-refractivity contribution < 1.29 is 4.79 Å². The average Bonchev–Trinajstić information content (AvgIpc) is 2.73. The van der Waals surface area contributed by atoms with Gasteiger partial charge in [-0.3, -0.25) is 9.48 Å². The number of amides is 1. The number of nitrogens with one attached hydrogen (secondary N) is 2. The van der Waals surface area contributed by atoms with Crippen LogP contribution in [0.3, 0.4) is 0 Å². The molecule has 102 valence electrons. The highest BCUT2D eigenvalue weighted by Gasteiger charge is 2.13. The molecule has 18 heavy (non-hydrogen) atoms. The first-order valence-corrected chi connectivity index (χ1v) is 6.69. The molecule has 0 aliphatic carbocycles. The van der Waals surface area contributed by atoms with Crippen LogP contribution in [0.5, 0.6) is 0 Å². The van der Waals surface area contributed by atoms with E-state index in [9.17, 15) is 4.79 Å². The first-order chi connectivity index (χ1) is 8.24. The van der Waals surface area contributed by atoms with Gasteiger partial charge in [0.25, 0.3) is 0 Å². The Labute approximate surface area is 121 Å². The molecule has 1 fully saturated rings. The molecule has 1 aromatic heterocycles. The van der Waals surface area contributed by atoms with Gasteiger partial charge in [0.1, 0.15) is 6.54 Å². The van der Waals surface area contributed by atoms with Gasteiger partial charge in [-0.2, -0.15) is 5.10 Å². The van der Waals surface area contributed by atoms with E-state index in [1.54, 1.807) is 17.1 Å². The molecule has 1 aliphatic heterocycles. The van der Waals surface area contributed by atoms with Crippen molar-refractivity contribution in [3.05, 3.63) is 16.9 Å². The molecule has 0 radical (unpaired) electrons. The molecule has 0 aromatic carbocycles. The molecule has 7 heteroatoms. The van der Waals surface area contributed by atoms with Crippen LogP contribution in [-0.4, -0.2) is 35.3 Å². The summed E-state index contributed by atoms with van der Waals surface area (Å²) in [5, 5.41) is 10.3. The molecular weight excluding hydrogens is 320 g/mol. The van der Waals surface area contributed by atoms with Crippen molar-refractivity contribution in [1.82, 2.24) is 20.4 Å². The summed E-state index contributed by atoms with van der Waals surface area (Å²) < 4.78 is 2.51. The second-order valence-electron chi connectivity index (χ2n) is 4.37. The molecule has 2 N–H and O–H groups in total. The monoisotopic (exact) mass is 336 g/mol. The number of carbonyl (C=O) groups is 1. The maximum absolute atomic E-state index is 11.7. The van der Waals surface area contributed by atoms with Gasteiger partial charge in [0.2, 0.25) is 5.91 Å². The van der Waals surface area contributed by atoms with E-state index < -0.39 is 0 Å². The van der Waals surface area contributed by atoms with Gasteiger partial charge in [0.15, 0.2) is 0 Å². The lowest BCUT2D eigenvalue weighted by atomic mass is 10.00. The van der Waals surface area contributed by atoms with Crippen LogP contribution in [-0.2, 0) is 11.3 Å². The molecule has 1 unspecified atom stereocenters. The number of piperidine rings is 1. The third kappa shape index (κ3) is 4.96. The Morgan fingerprint density at radius 3 is 3.11 bits per heavy atom. The maximum atomic E-state index is 11.7. The van der Waals surface area contributed by atoms with Gasteiger partial charge in [-0.1, -0.05) is 0 Å². The molecule has 1 amide bonds. The van der Waals surface area contributed by atoms with Gasteiger partial charge in [-0.05, 0) is 47.8 Å². The second kappa shape index (κ2) is 7.76. The molecule has 1 aromatic rings. The van der Waals surface area contributed by atoms with Crippen molar-refractivity contribution in [1.29, 1.82) is 0 Å². The quantitative estimate of drug-likeness (QED) is 0.867. The van der Waals surface area contributed by atoms with Crippen molar-refractivity contribution in [3.8, 4) is 0 Å². The Bertz CT molecular complexity index is 379. The summed E-state index contributed by atoms with van der Waals surface area (Å²) in [6.45, 7) is 3.15. The number of halogens is 2. The zero-order chi connectivity index (χ0) is 12.1. The van der Waals surface area contributed by atoms with Gasteiger partial charge < -0.3 is 10.6 Å². The number of hydrogen-bond acceptors (Lipinski definition) is 3. The zero-order valence-electron chi connectivity index (χ0n) is 10.1. The summed E-state index contributed by atoms with van der Waals surface area (Å²) in [5.74, 6) is 0.586. The third-order valence-electron chi connectivity index (χ3n) is 2.89. The lowest BCUT2D eigenvalue weighted by molar-refractivity contribution is -0.122. The largest absolute Gasteiger partial charge is 0.354 e. The van der Waals surface area contributed by atoms with Crippen LogP contribution in [0.15, 0.2) is 16.9 Å². The normalized spacial score (nSPS) is 19.1. The van der Waals surface area contributed by atoms with Crippen molar-refractivity contribution in [3.63, 3.8) is 0 Å². The molecule has 2 heterocycles. The van der Waals surface area contributed by atoms with Crippen LogP contribution in [0, 0.1) is 5.92 Å². The number of aromatic nitrogens is 2. The Hall–Kier alpha value is -0.590. The van der Waals surface area contributed by atoms with Crippen molar-refractivity contribution in [2.24, 2.45) is 5.92 Å². The highest BCUT2D eigenvalue weighted by molar-refractivity contribution is 9.10. The van der Waals surface area contributed by atoms with Crippen LogP contribution < -0.4 is 10.6 Å². The van der Waals surface area contributed by atoms with E-state index in [0.29, 0.717) is 5.92 Å². The Morgan fingerprint density at radius 2 is 2.50 bits per heavy atom. The number of carbonyl (C=O) groups excluding carboxylic acids is 1. The lowest BCUT2D eigenvalue weighted by Crippen LogP contribution is -2.39. The molecule has 1 atom stereocenters. The lowest BCUT2D eigenvalue weighted by Gasteiger charge is -2.22. The number of rotatable bonds is 4. The van der Waals surface area contributed by atoms with Crippen LogP contribution in [0.4, 0.5) is 0 Å². The average molecular weight is 338 g/mol. The minimum absolute atomic E-state index is 0. The summed E-state index contributed by atoms with van der Waals surface area (Å²) in [7, 11) is 0. The number of hydrogen-bond donors (Lipinski definition) is 2. The molecule has 1 aliphatic rings. The van der Waals surface area contributed by atoms with E-state index >= 15 is 0 Å². The van der Waals surface area contributed by atoms with Crippen molar-refractivity contribution in [2.45, 2.75) is 19.4 Å². The van der Waals surface area contributed by atoms with Gasteiger partial charge >= 0.3 is 0 Å². The first-order valence-electron chi connectivity index (χ1n) is 5.89. The van der Waals surface area contributed by atoms with Crippen LogP contribution in [0.25, 0.3) is 0 Å². The Morgan fingerprint density at radius 1 is 1.67 bits per heavy atom. The van der Waals surface area contributed by atoms with E-state index in [0.717, 1.165) is 24.1 Å².